The maximum atomic E-state index is 12.0. The van der Waals surface area contributed by atoms with Crippen molar-refractivity contribution in [2.75, 3.05) is 19.9 Å². The number of benzene rings is 1. The highest BCUT2D eigenvalue weighted by Gasteiger charge is 2.11. The zero-order valence-corrected chi connectivity index (χ0v) is 11.5. The summed E-state index contributed by atoms with van der Waals surface area (Å²) in [5.74, 6) is 0.860. The fourth-order valence-electron chi connectivity index (χ4n) is 1.78. The largest absolute Gasteiger partial charge is 0.497 e. The van der Waals surface area contributed by atoms with Crippen molar-refractivity contribution in [2.45, 2.75) is 13.1 Å². The molecule has 0 aliphatic rings. The monoisotopic (exact) mass is 275 g/mol. The van der Waals surface area contributed by atoms with E-state index in [1.807, 2.05) is 24.3 Å². The van der Waals surface area contributed by atoms with Crippen LogP contribution >= 0.6 is 0 Å². The van der Waals surface area contributed by atoms with Crippen molar-refractivity contribution < 1.29 is 9.53 Å². The summed E-state index contributed by atoms with van der Waals surface area (Å²) in [6.45, 7) is 0.616. The Bertz CT molecular complexity index is 596. The van der Waals surface area contributed by atoms with Gasteiger partial charge in [0.15, 0.2) is 0 Å². The summed E-state index contributed by atoms with van der Waals surface area (Å²) in [5.41, 5.74) is 6.40. The summed E-state index contributed by atoms with van der Waals surface area (Å²) in [6, 6.07) is 7.60. The minimum absolute atomic E-state index is 0.0716. The lowest BCUT2D eigenvalue weighted by Crippen LogP contribution is -2.30. The molecule has 1 aromatic carbocycles. The number of anilines is 1. The summed E-state index contributed by atoms with van der Waals surface area (Å²) >= 11 is 0. The number of rotatable bonds is 5. The molecule has 1 heterocycles. The summed E-state index contributed by atoms with van der Waals surface area (Å²) < 4.78 is 6.57. The molecular formula is C13H17N5O2. The average molecular weight is 275 g/mol. The van der Waals surface area contributed by atoms with Crippen molar-refractivity contribution in [1.29, 1.82) is 0 Å². The first-order chi connectivity index (χ1) is 9.58. The number of nitrogens with two attached hydrogens (primary N) is 1. The minimum atomic E-state index is -0.0716. The Morgan fingerprint density at radius 3 is 2.95 bits per heavy atom. The standard InChI is InChI=1S/C13H17N5O2/c1-17(7-10-4-3-5-11(6-10)20-2)12(19)8-18-9-15-13(14)16-18/h3-6,9H,7-8H2,1-2H3,(H2,14,16). The van der Waals surface area contributed by atoms with E-state index in [9.17, 15) is 4.79 Å². The Kier molecular flexibility index (Phi) is 4.19. The maximum absolute atomic E-state index is 12.0. The average Bonchev–Trinajstić information content (AvgIpc) is 2.84. The number of ether oxygens (including phenoxy) is 1. The van der Waals surface area contributed by atoms with Crippen molar-refractivity contribution >= 4 is 11.9 Å². The number of nitrogen functional groups attached to an aromatic ring is 1. The molecule has 106 valence electrons. The number of hydrogen-bond donors (Lipinski definition) is 1. The van der Waals surface area contributed by atoms with Gasteiger partial charge in [0.05, 0.1) is 7.11 Å². The highest BCUT2D eigenvalue weighted by atomic mass is 16.5. The summed E-state index contributed by atoms with van der Waals surface area (Å²) in [6.07, 6.45) is 1.44. The Balaban J connectivity index is 1.96. The van der Waals surface area contributed by atoms with Crippen LogP contribution in [-0.2, 0) is 17.9 Å². The molecule has 7 nitrogen and oxygen atoms in total. The molecule has 0 aliphatic heterocycles. The van der Waals surface area contributed by atoms with Crippen molar-refractivity contribution in [3.8, 4) is 5.75 Å². The van der Waals surface area contributed by atoms with Crippen molar-refractivity contribution in [3.05, 3.63) is 36.2 Å². The van der Waals surface area contributed by atoms with Gasteiger partial charge in [-0.3, -0.25) is 4.79 Å². The van der Waals surface area contributed by atoms with E-state index in [1.165, 1.54) is 11.0 Å². The van der Waals surface area contributed by atoms with Gasteiger partial charge in [0.2, 0.25) is 11.9 Å². The number of methoxy groups -OCH3 is 1. The van der Waals surface area contributed by atoms with Crippen LogP contribution in [0.5, 0.6) is 5.75 Å². The molecule has 7 heteroatoms. The lowest BCUT2D eigenvalue weighted by atomic mass is 10.2. The van der Waals surface area contributed by atoms with Crippen LogP contribution in [0.25, 0.3) is 0 Å². The quantitative estimate of drug-likeness (QED) is 0.860. The molecule has 0 saturated carbocycles. The molecule has 0 aliphatic carbocycles. The van der Waals surface area contributed by atoms with Crippen molar-refractivity contribution in [2.24, 2.45) is 0 Å². The topological polar surface area (TPSA) is 86.3 Å². The molecular weight excluding hydrogens is 258 g/mol. The van der Waals surface area contributed by atoms with Crippen molar-refractivity contribution in [1.82, 2.24) is 19.7 Å². The summed E-state index contributed by atoms with van der Waals surface area (Å²) in [7, 11) is 3.35. The lowest BCUT2D eigenvalue weighted by Gasteiger charge is -2.17. The smallest absolute Gasteiger partial charge is 0.244 e. The molecule has 0 fully saturated rings. The Morgan fingerprint density at radius 1 is 1.50 bits per heavy atom. The molecule has 0 radical (unpaired) electrons. The van der Waals surface area contributed by atoms with E-state index in [1.54, 1.807) is 19.1 Å². The van der Waals surface area contributed by atoms with Gasteiger partial charge >= 0.3 is 0 Å². The van der Waals surface area contributed by atoms with E-state index < -0.39 is 0 Å². The number of likely N-dealkylation sites (N-methyl/N-ethyl adjacent to an activating group) is 1. The van der Waals surface area contributed by atoms with Gasteiger partial charge in [-0.25, -0.2) is 9.67 Å². The second-order valence-corrected chi connectivity index (χ2v) is 4.40. The van der Waals surface area contributed by atoms with Gasteiger partial charge in [-0.05, 0) is 17.7 Å². The molecule has 0 spiro atoms. The molecule has 20 heavy (non-hydrogen) atoms. The predicted octanol–water partition coefficient (Wildman–Crippen LogP) is 0.527. The first-order valence-corrected chi connectivity index (χ1v) is 6.10. The second-order valence-electron chi connectivity index (χ2n) is 4.40. The predicted molar refractivity (Wildman–Crippen MR) is 73.9 cm³/mol. The molecule has 1 amide bonds. The van der Waals surface area contributed by atoms with Crippen LogP contribution in [0.1, 0.15) is 5.56 Å². The Morgan fingerprint density at radius 2 is 2.30 bits per heavy atom. The number of nitrogens with zero attached hydrogens (tertiary/aromatic N) is 4. The molecule has 2 aromatic rings. The third kappa shape index (κ3) is 3.47. The lowest BCUT2D eigenvalue weighted by molar-refractivity contribution is -0.131. The van der Waals surface area contributed by atoms with Crippen molar-refractivity contribution in [3.63, 3.8) is 0 Å². The van der Waals surface area contributed by atoms with Crippen LogP contribution in [0.2, 0.25) is 0 Å². The zero-order valence-electron chi connectivity index (χ0n) is 11.5. The SMILES string of the molecule is COc1cccc(CN(C)C(=O)Cn2cnc(N)n2)c1. The molecule has 0 saturated heterocycles. The highest BCUT2D eigenvalue weighted by molar-refractivity contribution is 5.75. The van der Waals surface area contributed by atoms with Crippen LogP contribution in [0.15, 0.2) is 30.6 Å². The number of amides is 1. The van der Waals surface area contributed by atoms with Crippen LogP contribution in [0.4, 0.5) is 5.95 Å². The van der Waals surface area contributed by atoms with E-state index in [4.69, 9.17) is 10.5 Å². The molecule has 2 rings (SSSR count). The minimum Gasteiger partial charge on any atom is -0.497 e. The van der Waals surface area contributed by atoms with Gasteiger partial charge < -0.3 is 15.4 Å². The van der Waals surface area contributed by atoms with Gasteiger partial charge in [0.25, 0.3) is 0 Å². The van der Waals surface area contributed by atoms with Gasteiger partial charge in [-0.15, -0.1) is 5.10 Å². The summed E-state index contributed by atoms with van der Waals surface area (Å²) in [4.78, 5) is 17.4. The van der Waals surface area contributed by atoms with Crippen LogP contribution in [-0.4, -0.2) is 39.7 Å². The van der Waals surface area contributed by atoms with Crippen LogP contribution < -0.4 is 10.5 Å². The fraction of sp³-hybridized carbons (Fsp3) is 0.308. The molecule has 0 bridgehead atoms. The van der Waals surface area contributed by atoms with E-state index in [2.05, 4.69) is 10.1 Å². The molecule has 2 N–H and O–H groups in total. The first kappa shape index (κ1) is 13.9. The maximum Gasteiger partial charge on any atom is 0.244 e. The number of carbonyl (C=O) groups excluding carboxylic acids is 1. The van der Waals surface area contributed by atoms with Gasteiger partial charge in [0.1, 0.15) is 18.6 Å². The third-order valence-electron chi connectivity index (χ3n) is 2.83. The number of aromatic nitrogens is 3. The van der Waals surface area contributed by atoms with Gasteiger partial charge in [0, 0.05) is 13.6 Å². The van der Waals surface area contributed by atoms with Crippen LogP contribution in [0, 0.1) is 0 Å². The molecule has 0 unspecified atom stereocenters. The van der Waals surface area contributed by atoms with E-state index >= 15 is 0 Å². The van der Waals surface area contributed by atoms with Crippen LogP contribution in [0.3, 0.4) is 0 Å². The zero-order chi connectivity index (χ0) is 14.5. The van der Waals surface area contributed by atoms with E-state index in [0.717, 1.165) is 11.3 Å². The van der Waals surface area contributed by atoms with Gasteiger partial charge in [-0.2, -0.15) is 0 Å². The van der Waals surface area contributed by atoms with Gasteiger partial charge in [-0.1, -0.05) is 12.1 Å². The first-order valence-electron chi connectivity index (χ1n) is 6.10. The second kappa shape index (κ2) is 6.05. The van der Waals surface area contributed by atoms with E-state index in [-0.39, 0.29) is 18.4 Å². The highest BCUT2D eigenvalue weighted by Crippen LogP contribution is 2.14. The fourth-order valence-corrected chi connectivity index (χ4v) is 1.78. The molecule has 0 atom stereocenters. The Labute approximate surface area is 117 Å². The van der Waals surface area contributed by atoms with E-state index in [0.29, 0.717) is 6.54 Å². The third-order valence-corrected chi connectivity index (χ3v) is 2.83. The molecule has 1 aromatic heterocycles. The number of carbonyl (C=O) groups is 1. The normalized spacial score (nSPS) is 10.3. The Hall–Kier alpha value is -2.57. The number of hydrogen-bond acceptors (Lipinski definition) is 5. The summed E-state index contributed by atoms with van der Waals surface area (Å²) in [5, 5.41) is 3.88.